The number of hydrogen-bond donors (Lipinski definition) is 1. The molecular weight excluding hydrogens is 218 g/mol. The highest BCUT2D eigenvalue weighted by Gasteiger charge is 2.30. The SMILES string of the molecule is C[C@@H]1CC/C(=C/C(=O)N2CC[C@H](C(=O)O)C2)C1. The highest BCUT2D eigenvalue weighted by molar-refractivity contribution is 5.89. The number of likely N-dealkylation sites (tertiary alicyclic amines) is 1. The quantitative estimate of drug-likeness (QED) is 0.743. The maximum atomic E-state index is 11.9. The van der Waals surface area contributed by atoms with Gasteiger partial charge in [0.25, 0.3) is 0 Å². The number of carbonyl (C=O) groups is 2. The molecule has 1 heterocycles. The molecule has 4 heteroatoms. The lowest BCUT2D eigenvalue weighted by molar-refractivity contribution is -0.141. The average Bonchev–Trinajstić information content (AvgIpc) is 2.86. The average molecular weight is 237 g/mol. The molecule has 2 rings (SSSR count). The molecule has 4 nitrogen and oxygen atoms in total. The van der Waals surface area contributed by atoms with E-state index in [9.17, 15) is 9.59 Å². The Morgan fingerprint density at radius 2 is 2.18 bits per heavy atom. The van der Waals surface area contributed by atoms with Gasteiger partial charge in [-0.3, -0.25) is 9.59 Å². The van der Waals surface area contributed by atoms with E-state index in [2.05, 4.69) is 6.92 Å². The van der Waals surface area contributed by atoms with Crippen LogP contribution in [-0.2, 0) is 9.59 Å². The molecule has 0 aromatic heterocycles. The van der Waals surface area contributed by atoms with E-state index in [4.69, 9.17) is 5.11 Å². The molecule has 2 atom stereocenters. The Kier molecular flexibility index (Phi) is 3.50. The van der Waals surface area contributed by atoms with Crippen LogP contribution < -0.4 is 0 Å². The standard InChI is InChI=1S/C13H19NO3/c1-9-2-3-10(6-9)7-12(15)14-5-4-11(8-14)13(16)17/h7,9,11H,2-6,8H2,1H3,(H,16,17)/b10-7-/t9-,11+/m1/s1. The second-order valence-corrected chi connectivity index (χ2v) is 5.26. The maximum absolute atomic E-state index is 11.9. The van der Waals surface area contributed by atoms with E-state index in [0.717, 1.165) is 19.3 Å². The van der Waals surface area contributed by atoms with Crippen molar-refractivity contribution in [2.24, 2.45) is 11.8 Å². The van der Waals surface area contributed by atoms with Crippen LogP contribution in [0, 0.1) is 11.8 Å². The van der Waals surface area contributed by atoms with Crippen LogP contribution >= 0.6 is 0 Å². The van der Waals surface area contributed by atoms with Gasteiger partial charge in [-0.1, -0.05) is 12.5 Å². The van der Waals surface area contributed by atoms with Gasteiger partial charge in [0, 0.05) is 19.2 Å². The Morgan fingerprint density at radius 1 is 1.41 bits per heavy atom. The first-order valence-electron chi connectivity index (χ1n) is 6.27. The topological polar surface area (TPSA) is 57.6 Å². The van der Waals surface area contributed by atoms with Gasteiger partial charge in [-0.05, 0) is 31.6 Å². The second-order valence-electron chi connectivity index (χ2n) is 5.26. The molecule has 0 radical (unpaired) electrons. The highest BCUT2D eigenvalue weighted by Crippen LogP contribution is 2.29. The normalized spacial score (nSPS) is 31.1. The highest BCUT2D eigenvalue weighted by atomic mass is 16.4. The fourth-order valence-corrected chi connectivity index (χ4v) is 2.64. The van der Waals surface area contributed by atoms with Crippen molar-refractivity contribution in [1.29, 1.82) is 0 Å². The van der Waals surface area contributed by atoms with E-state index in [-0.39, 0.29) is 11.8 Å². The number of aliphatic carboxylic acids is 1. The van der Waals surface area contributed by atoms with Gasteiger partial charge >= 0.3 is 5.97 Å². The van der Waals surface area contributed by atoms with Crippen LogP contribution in [0.25, 0.3) is 0 Å². The fraction of sp³-hybridized carbons (Fsp3) is 0.692. The summed E-state index contributed by atoms with van der Waals surface area (Å²) in [6.45, 7) is 3.14. The number of carboxylic acids is 1. The van der Waals surface area contributed by atoms with Crippen LogP contribution in [0.5, 0.6) is 0 Å². The summed E-state index contributed by atoms with van der Waals surface area (Å²) in [7, 11) is 0. The minimum atomic E-state index is -0.789. The van der Waals surface area contributed by atoms with Crippen molar-refractivity contribution in [3.8, 4) is 0 Å². The molecule has 0 aromatic carbocycles. The monoisotopic (exact) mass is 237 g/mol. The summed E-state index contributed by atoms with van der Waals surface area (Å²) in [5, 5.41) is 8.88. The third kappa shape index (κ3) is 2.87. The molecule has 1 amide bonds. The Hall–Kier alpha value is -1.32. The van der Waals surface area contributed by atoms with Crippen LogP contribution in [0.1, 0.15) is 32.6 Å². The molecule has 1 N–H and O–H groups in total. The summed E-state index contributed by atoms with van der Waals surface area (Å²) in [4.78, 5) is 24.4. The lowest BCUT2D eigenvalue weighted by Crippen LogP contribution is -2.28. The van der Waals surface area contributed by atoms with Gasteiger partial charge in [0.2, 0.25) is 5.91 Å². The Morgan fingerprint density at radius 3 is 2.71 bits per heavy atom. The predicted molar refractivity (Wildman–Crippen MR) is 63.4 cm³/mol. The number of nitrogens with zero attached hydrogens (tertiary/aromatic N) is 1. The molecule has 1 saturated carbocycles. The molecule has 1 saturated heterocycles. The zero-order valence-corrected chi connectivity index (χ0v) is 10.2. The summed E-state index contributed by atoms with van der Waals surface area (Å²) in [6, 6.07) is 0. The third-order valence-corrected chi connectivity index (χ3v) is 3.75. The van der Waals surface area contributed by atoms with Gasteiger partial charge in [-0.15, -0.1) is 0 Å². The first kappa shape index (κ1) is 12.1. The van der Waals surface area contributed by atoms with Crippen molar-refractivity contribution < 1.29 is 14.7 Å². The fourth-order valence-electron chi connectivity index (χ4n) is 2.64. The molecule has 17 heavy (non-hydrogen) atoms. The van der Waals surface area contributed by atoms with Gasteiger partial charge in [0.1, 0.15) is 0 Å². The molecule has 0 aromatic rings. The van der Waals surface area contributed by atoms with Crippen LogP contribution in [0.15, 0.2) is 11.6 Å². The van der Waals surface area contributed by atoms with E-state index in [0.29, 0.717) is 25.4 Å². The molecule has 2 fully saturated rings. The number of hydrogen-bond acceptors (Lipinski definition) is 2. The van der Waals surface area contributed by atoms with Gasteiger partial charge in [-0.2, -0.15) is 0 Å². The lowest BCUT2D eigenvalue weighted by Gasteiger charge is -2.13. The van der Waals surface area contributed by atoms with E-state index < -0.39 is 5.97 Å². The van der Waals surface area contributed by atoms with E-state index in [1.165, 1.54) is 5.57 Å². The zero-order chi connectivity index (χ0) is 12.4. The largest absolute Gasteiger partial charge is 0.481 e. The number of carboxylic acid groups (broad SMARTS) is 1. The second kappa shape index (κ2) is 4.90. The summed E-state index contributed by atoms with van der Waals surface area (Å²) in [5.41, 5.74) is 1.22. The molecule has 0 spiro atoms. The van der Waals surface area contributed by atoms with Crippen molar-refractivity contribution >= 4 is 11.9 Å². The summed E-state index contributed by atoms with van der Waals surface area (Å²) in [6.07, 6.45) is 5.51. The van der Waals surface area contributed by atoms with Gasteiger partial charge < -0.3 is 10.0 Å². The van der Waals surface area contributed by atoms with Gasteiger partial charge in [-0.25, -0.2) is 0 Å². The number of rotatable bonds is 2. The Balaban J connectivity index is 1.91. The molecular formula is C13H19NO3. The van der Waals surface area contributed by atoms with Crippen molar-refractivity contribution in [2.45, 2.75) is 32.6 Å². The molecule has 1 aliphatic heterocycles. The van der Waals surface area contributed by atoms with Crippen LogP contribution in [0.4, 0.5) is 0 Å². The summed E-state index contributed by atoms with van der Waals surface area (Å²) in [5.74, 6) is -0.487. The number of allylic oxidation sites excluding steroid dienone is 1. The van der Waals surface area contributed by atoms with E-state index in [1.54, 1.807) is 11.0 Å². The Bertz CT molecular complexity index is 362. The molecule has 0 unspecified atom stereocenters. The smallest absolute Gasteiger partial charge is 0.308 e. The third-order valence-electron chi connectivity index (χ3n) is 3.75. The molecule has 0 bridgehead atoms. The van der Waals surface area contributed by atoms with Crippen molar-refractivity contribution in [3.05, 3.63) is 11.6 Å². The maximum Gasteiger partial charge on any atom is 0.308 e. The zero-order valence-electron chi connectivity index (χ0n) is 10.2. The first-order valence-corrected chi connectivity index (χ1v) is 6.27. The number of amides is 1. The summed E-state index contributed by atoms with van der Waals surface area (Å²) >= 11 is 0. The van der Waals surface area contributed by atoms with Crippen molar-refractivity contribution in [1.82, 2.24) is 4.90 Å². The minimum absolute atomic E-state index is 0.00199. The first-order chi connectivity index (χ1) is 8.06. The van der Waals surface area contributed by atoms with Crippen LogP contribution in [-0.4, -0.2) is 35.0 Å². The predicted octanol–water partition coefficient (Wildman–Crippen LogP) is 1.67. The van der Waals surface area contributed by atoms with Crippen molar-refractivity contribution in [2.75, 3.05) is 13.1 Å². The van der Waals surface area contributed by atoms with Crippen LogP contribution in [0.3, 0.4) is 0 Å². The molecule has 1 aliphatic carbocycles. The molecule has 94 valence electrons. The minimum Gasteiger partial charge on any atom is -0.481 e. The van der Waals surface area contributed by atoms with Gasteiger partial charge in [0.05, 0.1) is 5.92 Å². The summed E-state index contributed by atoms with van der Waals surface area (Å²) < 4.78 is 0. The van der Waals surface area contributed by atoms with Gasteiger partial charge in [0.15, 0.2) is 0 Å². The lowest BCUT2D eigenvalue weighted by atomic mass is 10.1. The molecule has 2 aliphatic rings. The van der Waals surface area contributed by atoms with Crippen LogP contribution in [0.2, 0.25) is 0 Å². The van der Waals surface area contributed by atoms with E-state index >= 15 is 0 Å². The Labute approximate surface area is 101 Å². The van der Waals surface area contributed by atoms with E-state index in [1.807, 2.05) is 0 Å². The van der Waals surface area contributed by atoms with Crippen molar-refractivity contribution in [3.63, 3.8) is 0 Å². The number of carbonyl (C=O) groups excluding carboxylic acids is 1.